The van der Waals surface area contributed by atoms with Crippen LogP contribution in [0.4, 0.5) is 5.69 Å². The van der Waals surface area contributed by atoms with Crippen LogP contribution in [0.25, 0.3) is 0 Å². The van der Waals surface area contributed by atoms with Crippen molar-refractivity contribution in [2.75, 3.05) is 44.8 Å². The number of aliphatic imine (C=N–C) groups is 1. The number of rotatable bonds is 5. The Hall–Kier alpha value is -3.26. The summed E-state index contributed by atoms with van der Waals surface area (Å²) >= 11 is 6.03. The van der Waals surface area contributed by atoms with Crippen molar-refractivity contribution < 1.29 is 19.1 Å². The van der Waals surface area contributed by atoms with E-state index in [2.05, 4.69) is 10.2 Å². The smallest absolute Gasteiger partial charge is 0.321 e. The van der Waals surface area contributed by atoms with E-state index >= 15 is 0 Å². The predicted molar refractivity (Wildman–Crippen MR) is 127 cm³/mol. The van der Waals surface area contributed by atoms with Crippen molar-refractivity contribution in [2.45, 2.75) is 13.0 Å². The fourth-order valence-electron chi connectivity index (χ4n) is 4.09. The van der Waals surface area contributed by atoms with Crippen LogP contribution in [0.3, 0.4) is 0 Å². The Bertz CT molecular complexity index is 1020. The van der Waals surface area contributed by atoms with Crippen LogP contribution in [0.5, 0.6) is 5.75 Å². The SMILES string of the molecule is CCOC(=O)C1C(=O)NC(N2CCN(c3ccc(OC)cc3)CC2)=NC1c1ccc(Cl)cc1. The lowest BCUT2D eigenvalue weighted by Gasteiger charge is -2.39. The molecule has 2 aliphatic heterocycles. The molecule has 2 unspecified atom stereocenters. The molecule has 0 aliphatic carbocycles. The molecule has 0 bridgehead atoms. The van der Waals surface area contributed by atoms with Crippen LogP contribution in [-0.4, -0.2) is 62.6 Å². The van der Waals surface area contributed by atoms with Gasteiger partial charge in [-0.2, -0.15) is 0 Å². The lowest BCUT2D eigenvalue weighted by Crippen LogP contribution is -2.57. The van der Waals surface area contributed by atoms with Crippen molar-refractivity contribution in [1.82, 2.24) is 10.2 Å². The van der Waals surface area contributed by atoms with Gasteiger partial charge in [-0.25, -0.2) is 4.99 Å². The molecule has 1 saturated heterocycles. The summed E-state index contributed by atoms with van der Waals surface area (Å²) in [6.45, 7) is 4.82. The molecule has 0 aromatic heterocycles. The molecule has 2 atom stereocenters. The summed E-state index contributed by atoms with van der Waals surface area (Å²) in [4.78, 5) is 34.7. The molecule has 0 saturated carbocycles. The zero-order valence-electron chi connectivity index (χ0n) is 18.7. The van der Waals surface area contributed by atoms with Gasteiger partial charge in [0.15, 0.2) is 5.92 Å². The Labute approximate surface area is 198 Å². The predicted octanol–water partition coefficient (Wildman–Crippen LogP) is 2.88. The molecule has 0 spiro atoms. The standard InChI is InChI=1S/C24H27ClN4O4/c1-3-33-23(31)20-21(16-4-6-17(25)7-5-16)26-24(27-22(20)30)29-14-12-28(13-15-29)18-8-10-19(32-2)11-9-18/h4-11,20-21H,3,12-15H2,1-2H3,(H,26,27,30). The molecule has 174 valence electrons. The molecule has 1 fully saturated rings. The molecule has 1 N–H and O–H groups in total. The zero-order chi connectivity index (χ0) is 23.4. The van der Waals surface area contributed by atoms with Crippen LogP contribution < -0.4 is 15.0 Å². The van der Waals surface area contributed by atoms with Crippen molar-refractivity contribution in [3.05, 3.63) is 59.1 Å². The molecule has 2 aromatic rings. The van der Waals surface area contributed by atoms with Crippen molar-refractivity contribution in [1.29, 1.82) is 0 Å². The number of halogens is 1. The van der Waals surface area contributed by atoms with Gasteiger partial charge in [-0.3, -0.25) is 14.9 Å². The third kappa shape index (κ3) is 5.06. The van der Waals surface area contributed by atoms with Gasteiger partial charge in [-0.15, -0.1) is 0 Å². The second-order valence-electron chi connectivity index (χ2n) is 7.84. The number of methoxy groups -OCH3 is 1. The van der Waals surface area contributed by atoms with E-state index in [0.29, 0.717) is 24.1 Å². The minimum absolute atomic E-state index is 0.194. The van der Waals surface area contributed by atoms with Crippen molar-refractivity contribution in [2.24, 2.45) is 10.9 Å². The van der Waals surface area contributed by atoms with Crippen molar-refractivity contribution in [3.63, 3.8) is 0 Å². The third-order valence-electron chi connectivity index (χ3n) is 5.86. The highest BCUT2D eigenvalue weighted by Crippen LogP contribution is 2.32. The number of benzene rings is 2. The molecule has 33 heavy (non-hydrogen) atoms. The molecular formula is C24H27ClN4O4. The Morgan fingerprint density at radius 3 is 2.30 bits per heavy atom. The Morgan fingerprint density at radius 1 is 1.06 bits per heavy atom. The lowest BCUT2D eigenvalue weighted by atomic mass is 9.91. The lowest BCUT2D eigenvalue weighted by molar-refractivity contribution is -0.153. The zero-order valence-corrected chi connectivity index (χ0v) is 19.4. The third-order valence-corrected chi connectivity index (χ3v) is 6.12. The summed E-state index contributed by atoms with van der Waals surface area (Å²) in [7, 11) is 1.65. The van der Waals surface area contributed by atoms with E-state index < -0.39 is 23.8 Å². The highest BCUT2D eigenvalue weighted by Gasteiger charge is 2.42. The van der Waals surface area contributed by atoms with Gasteiger partial charge >= 0.3 is 5.97 Å². The number of carbonyl (C=O) groups excluding carboxylic acids is 2. The summed E-state index contributed by atoms with van der Waals surface area (Å²) < 4.78 is 10.4. The molecule has 0 radical (unpaired) electrons. The Balaban J connectivity index is 1.53. The van der Waals surface area contributed by atoms with Crippen molar-refractivity contribution >= 4 is 35.1 Å². The highest BCUT2D eigenvalue weighted by molar-refractivity contribution is 6.30. The summed E-state index contributed by atoms with van der Waals surface area (Å²) in [5.74, 6) is -0.732. The summed E-state index contributed by atoms with van der Waals surface area (Å²) in [6.07, 6.45) is 0. The van der Waals surface area contributed by atoms with E-state index in [9.17, 15) is 9.59 Å². The van der Waals surface area contributed by atoms with Crippen LogP contribution in [0.2, 0.25) is 5.02 Å². The van der Waals surface area contributed by atoms with Gasteiger partial charge < -0.3 is 19.3 Å². The molecule has 2 heterocycles. The first-order valence-electron chi connectivity index (χ1n) is 10.9. The Kier molecular flexibility index (Phi) is 7.03. The first-order chi connectivity index (χ1) is 16.0. The molecular weight excluding hydrogens is 444 g/mol. The van der Waals surface area contributed by atoms with Gasteiger partial charge in [0.2, 0.25) is 11.9 Å². The summed E-state index contributed by atoms with van der Waals surface area (Å²) in [5, 5.41) is 3.41. The summed E-state index contributed by atoms with van der Waals surface area (Å²) in [5.41, 5.74) is 1.85. The maximum absolute atomic E-state index is 13.0. The first kappa shape index (κ1) is 22.9. The molecule has 2 aromatic carbocycles. The quantitative estimate of drug-likeness (QED) is 0.534. The van der Waals surface area contributed by atoms with Crippen molar-refractivity contribution in [3.8, 4) is 5.75 Å². The number of nitrogens with zero attached hydrogens (tertiary/aromatic N) is 3. The maximum atomic E-state index is 13.0. The molecule has 9 heteroatoms. The molecule has 1 amide bonds. The van der Waals surface area contributed by atoms with Crippen LogP contribution >= 0.6 is 11.6 Å². The van der Waals surface area contributed by atoms with Gasteiger partial charge in [0.05, 0.1) is 13.7 Å². The average molecular weight is 471 g/mol. The minimum Gasteiger partial charge on any atom is -0.497 e. The molecule has 8 nitrogen and oxygen atoms in total. The van der Waals surface area contributed by atoms with E-state index in [1.807, 2.05) is 29.2 Å². The normalized spacial score (nSPS) is 20.7. The molecule has 2 aliphatic rings. The number of nitrogens with one attached hydrogen (secondary N) is 1. The Morgan fingerprint density at radius 2 is 1.70 bits per heavy atom. The fraction of sp³-hybridized carbons (Fsp3) is 0.375. The number of ether oxygens (including phenoxy) is 2. The summed E-state index contributed by atoms with van der Waals surface area (Å²) in [6, 6.07) is 14.3. The second kappa shape index (κ2) is 10.1. The topological polar surface area (TPSA) is 83.5 Å². The fourth-order valence-corrected chi connectivity index (χ4v) is 4.22. The van der Waals surface area contributed by atoms with Crippen LogP contribution in [0.1, 0.15) is 18.5 Å². The van der Waals surface area contributed by atoms with E-state index in [1.165, 1.54) is 0 Å². The van der Waals surface area contributed by atoms with Gasteiger partial charge in [0.25, 0.3) is 0 Å². The number of anilines is 1. The van der Waals surface area contributed by atoms with Gasteiger partial charge in [-0.05, 0) is 48.9 Å². The second-order valence-corrected chi connectivity index (χ2v) is 8.28. The number of hydrogen-bond acceptors (Lipinski definition) is 7. The van der Waals surface area contributed by atoms with Crippen LogP contribution in [0.15, 0.2) is 53.5 Å². The highest BCUT2D eigenvalue weighted by atomic mass is 35.5. The number of carbonyl (C=O) groups is 2. The van der Waals surface area contributed by atoms with Crippen LogP contribution in [-0.2, 0) is 14.3 Å². The van der Waals surface area contributed by atoms with Gasteiger partial charge in [-0.1, -0.05) is 23.7 Å². The van der Waals surface area contributed by atoms with E-state index in [0.717, 1.165) is 30.1 Å². The first-order valence-corrected chi connectivity index (χ1v) is 11.3. The molecule has 4 rings (SSSR count). The van der Waals surface area contributed by atoms with E-state index in [-0.39, 0.29) is 6.61 Å². The van der Waals surface area contributed by atoms with E-state index in [4.69, 9.17) is 26.1 Å². The number of esters is 1. The van der Waals surface area contributed by atoms with E-state index in [1.54, 1.807) is 38.3 Å². The number of guanidine groups is 1. The monoisotopic (exact) mass is 470 g/mol. The number of piperazine rings is 1. The van der Waals surface area contributed by atoms with Crippen LogP contribution in [0, 0.1) is 5.92 Å². The average Bonchev–Trinajstić information content (AvgIpc) is 2.84. The minimum atomic E-state index is -1.05. The number of hydrogen-bond donors (Lipinski definition) is 1. The maximum Gasteiger partial charge on any atom is 0.321 e. The number of amides is 1. The van der Waals surface area contributed by atoms with Gasteiger partial charge in [0.1, 0.15) is 11.8 Å². The van der Waals surface area contributed by atoms with Gasteiger partial charge in [0, 0.05) is 36.9 Å². The largest absolute Gasteiger partial charge is 0.497 e.